The second-order valence-electron chi connectivity index (χ2n) is 9.22. The summed E-state index contributed by atoms with van der Waals surface area (Å²) in [4.78, 5) is 24.9. The molecule has 1 aromatic heterocycles. The van der Waals surface area contributed by atoms with E-state index < -0.39 is 23.5 Å². The summed E-state index contributed by atoms with van der Waals surface area (Å²) in [5, 5.41) is 27.5. The minimum Gasteiger partial charge on any atom is -0.481 e. The van der Waals surface area contributed by atoms with Crippen LogP contribution < -0.4 is 0 Å². The zero-order valence-corrected chi connectivity index (χ0v) is 24.3. The lowest BCUT2D eigenvalue weighted by molar-refractivity contribution is -0.150. The number of aliphatic carboxylic acids is 2. The minimum atomic E-state index is -1.31. The molecule has 2 aromatic rings. The smallest absolute Gasteiger partial charge is 0.315 e. The predicted molar refractivity (Wildman–Crippen MR) is 152 cm³/mol. The minimum absolute atomic E-state index is 0.500. The molecule has 0 bridgehead atoms. The molecule has 0 spiro atoms. The monoisotopic (exact) mass is 509 g/mol. The van der Waals surface area contributed by atoms with Gasteiger partial charge in [0.25, 0.3) is 5.97 Å². The molecule has 0 aliphatic carbocycles. The third-order valence-corrected chi connectivity index (χ3v) is 4.09. The van der Waals surface area contributed by atoms with Crippen molar-refractivity contribution in [1.29, 1.82) is 0 Å². The van der Waals surface area contributed by atoms with Crippen molar-refractivity contribution in [2.75, 3.05) is 6.26 Å². The molecule has 0 saturated heterocycles. The lowest BCUT2D eigenvalue weighted by Gasteiger charge is -2.23. The molecule has 2 rings (SSSR count). The van der Waals surface area contributed by atoms with E-state index in [-0.39, 0.29) is 0 Å². The summed E-state index contributed by atoms with van der Waals surface area (Å²) in [7, 11) is 0. The van der Waals surface area contributed by atoms with Crippen molar-refractivity contribution in [3.63, 3.8) is 0 Å². The number of thiol groups is 1. The van der Waals surface area contributed by atoms with E-state index in [1.165, 1.54) is 19.9 Å². The molecule has 0 amide bonds. The van der Waals surface area contributed by atoms with E-state index in [2.05, 4.69) is 52.2 Å². The molecular formula is C28H47NO5S. The Morgan fingerprint density at radius 2 is 1.46 bits per heavy atom. The number of aliphatic hydroxyl groups is 1. The fourth-order valence-corrected chi connectivity index (χ4v) is 2.14. The second kappa shape index (κ2) is 18.9. The molecule has 0 fully saturated rings. The number of benzene rings is 1. The van der Waals surface area contributed by atoms with Gasteiger partial charge in [0.1, 0.15) is 5.41 Å². The summed E-state index contributed by atoms with van der Waals surface area (Å²) in [5.41, 5.74) is 1.96. The lowest BCUT2D eigenvalue weighted by atomic mass is 9.84. The van der Waals surface area contributed by atoms with Crippen LogP contribution in [0.25, 0.3) is 17.0 Å². The van der Waals surface area contributed by atoms with Gasteiger partial charge in [0.05, 0.1) is 11.6 Å². The van der Waals surface area contributed by atoms with Crippen LogP contribution in [0.3, 0.4) is 0 Å². The second-order valence-corrected chi connectivity index (χ2v) is 9.22. The summed E-state index contributed by atoms with van der Waals surface area (Å²) in [6, 6.07) is 9.84. The highest BCUT2D eigenvalue weighted by Gasteiger charge is 2.35. The summed E-state index contributed by atoms with van der Waals surface area (Å²) in [5.74, 6) is -1.88. The number of nitrogens with zero attached hydrogens (tertiary/aromatic N) is 1. The SMILES string of the molecule is CC.CC(=O)O.CC(C)(C)C.CCc1ccc2ccc(/C=C/C(C)(C(=O)O)C(C)O)cc2n1.CS. The van der Waals surface area contributed by atoms with Gasteiger partial charge < -0.3 is 15.3 Å². The molecule has 3 N–H and O–H groups in total. The highest BCUT2D eigenvalue weighted by molar-refractivity contribution is 7.79. The van der Waals surface area contributed by atoms with E-state index in [4.69, 9.17) is 9.90 Å². The third-order valence-electron chi connectivity index (χ3n) is 4.09. The molecule has 1 aromatic carbocycles. The first-order valence-electron chi connectivity index (χ1n) is 11.7. The van der Waals surface area contributed by atoms with Crippen LogP contribution in [-0.4, -0.2) is 44.6 Å². The summed E-state index contributed by atoms with van der Waals surface area (Å²) >= 11 is 3.53. The predicted octanol–water partition coefficient (Wildman–Crippen LogP) is 7.00. The van der Waals surface area contributed by atoms with Gasteiger partial charge in [0.15, 0.2) is 0 Å². The van der Waals surface area contributed by atoms with Gasteiger partial charge in [0.2, 0.25) is 0 Å². The Morgan fingerprint density at radius 1 is 1.03 bits per heavy atom. The van der Waals surface area contributed by atoms with Crippen molar-refractivity contribution in [3.05, 3.63) is 47.7 Å². The Hall–Kier alpha value is -2.38. The van der Waals surface area contributed by atoms with Gasteiger partial charge >= 0.3 is 5.97 Å². The molecule has 0 radical (unpaired) electrons. The van der Waals surface area contributed by atoms with Gasteiger partial charge in [-0.25, -0.2) is 0 Å². The summed E-state index contributed by atoms with van der Waals surface area (Å²) in [6.07, 6.45) is 4.84. The van der Waals surface area contributed by atoms with Crippen molar-refractivity contribution in [3.8, 4) is 0 Å². The maximum absolute atomic E-state index is 11.4. The van der Waals surface area contributed by atoms with Crippen molar-refractivity contribution in [2.45, 2.75) is 81.8 Å². The fraction of sp³-hybridized carbons (Fsp3) is 0.536. The summed E-state index contributed by atoms with van der Waals surface area (Å²) in [6.45, 7) is 18.9. The Bertz CT molecular complexity index is 894. The van der Waals surface area contributed by atoms with Crippen LogP contribution in [0.5, 0.6) is 0 Å². The standard InChI is InChI=1S/C18H21NO3.C5H12.C2H4O2.C2H6.CH4S/c1-4-15-8-7-14-6-5-13(11-16(14)19-15)9-10-18(3,12(2)20)17(21)22;1-5(2,3)4;1-2(3)4;2*1-2/h5-12,20H,4H2,1-3H3,(H,21,22);1-4H3;1H3,(H,3,4);1-2H3;2H,1H3/b10-9+;;;;. The van der Waals surface area contributed by atoms with Crippen LogP contribution >= 0.6 is 12.6 Å². The first-order chi connectivity index (χ1) is 16.1. The van der Waals surface area contributed by atoms with Crippen LogP contribution in [0, 0.1) is 10.8 Å². The fourth-order valence-electron chi connectivity index (χ4n) is 2.14. The van der Waals surface area contributed by atoms with E-state index in [1.54, 1.807) is 12.3 Å². The van der Waals surface area contributed by atoms with Gasteiger partial charge in [-0.2, -0.15) is 12.6 Å². The number of carboxylic acid groups (broad SMARTS) is 2. The van der Waals surface area contributed by atoms with E-state index in [0.29, 0.717) is 5.41 Å². The molecule has 0 aliphatic heterocycles. The average Bonchev–Trinajstić information content (AvgIpc) is 2.77. The highest BCUT2D eigenvalue weighted by atomic mass is 32.1. The zero-order valence-electron chi connectivity index (χ0n) is 23.4. The number of aryl methyl sites for hydroxylation is 1. The van der Waals surface area contributed by atoms with Gasteiger partial charge in [-0.3, -0.25) is 14.6 Å². The third kappa shape index (κ3) is 17.7. The largest absolute Gasteiger partial charge is 0.481 e. The summed E-state index contributed by atoms with van der Waals surface area (Å²) < 4.78 is 0. The maximum Gasteiger partial charge on any atom is 0.315 e. The van der Waals surface area contributed by atoms with Crippen molar-refractivity contribution < 1.29 is 24.9 Å². The highest BCUT2D eigenvalue weighted by Crippen LogP contribution is 2.26. The van der Waals surface area contributed by atoms with Crippen LogP contribution in [0.4, 0.5) is 0 Å². The number of hydrogen-bond donors (Lipinski definition) is 4. The van der Waals surface area contributed by atoms with Crippen LogP contribution in [0.2, 0.25) is 0 Å². The number of carbonyl (C=O) groups is 2. The van der Waals surface area contributed by atoms with Gasteiger partial charge in [0, 0.05) is 18.0 Å². The molecule has 0 aliphatic rings. The zero-order chi connectivity index (χ0) is 28.4. The maximum atomic E-state index is 11.4. The average molecular weight is 510 g/mol. The van der Waals surface area contributed by atoms with Crippen molar-refractivity contribution in [2.24, 2.45) is 10.8 Å². The Balaban J connectivity index is -0.000000659. The Labute approximate surface area is 217 Å². The molecule has 2 atom stereocenters. The first-order valence-corrected chi connectivity index (χ1v) is 12.6. The molecule has 2 unspecified atom stereocenters. The molecular weight excluding hydrogens is 462 g/mol. The Kier molecular flexibility index (Phi) is 20.1. The lowest BCUT2D eigenvalue weighted by Crippen LogP contribution is -2.36. The van der Waals surface area contributed by atoms with E-state index in [1.807, 2.05) is 44.2 Å². The van der Waals surface area contributed by atoms with Gasteiger partial charge in [-0.15, -0.1) is 0 Å². The quantitative estimate of drug-likeness (QED) is 0.323. The number of fused-ring (bicyclic) bond motifs is 1. The number of carboxylic acids is 2. The van der Waals surface area contributed by atoms with Crippen LogP contribution in [0.1, 0.15) is 80.5 Å². The van der Waals surface area contributed by atoms with E-state index >= 15 is 0 Å². The van der Waals surface area contributed by atoms with Crippen LogP contribution in [0.15, 0.2) is 36.4 Å². The van der Waals surface area contributed by atoms with Crippen molar-refractivity contribution >= 4 is 41.5 Å². The number of aromatic nitrogens is 1. The number of aliphatic hydroxyl groups excluding tert-OH is 1. The number of pyridine rings is 1. The van der Waals surface area contributed by atoms with E-state index in [9.17, 15) is 15.0 Å². The first kappa shape index (κ1) is 37.2. The van der Waals surface area contributed by atoms with Gasteiger partial charge in [-0.05, 0) is 49.6 Å². The molecule has 35 heavy (non-hydrogen) atoms. The normalized spacial score (nSPS) is 12.7. The topological polar surface area (TPSA) is 108 Å². The molecule has 1 heterocycles. The Morgan fingerprint density at radius 3 is 1.83 bits per heavy atom. The molecule has 200 valence electrons. The molecule has 6 nitrogen and oxygen atoms in total. The van der Waals surface area contributed by atoms with Crippen molar-refractivity contribution in [1.82, 2.24) is 4.98 Å². The van der Waals surface area contributed by atoms with E-state index in [0.717, 1.165) is 35.5 Å². The number of hydrogen-bond acceptors (Lipinski definition) is 5. The van der Waals surface area contributed by atoms with Crippen LogP contribution in [-0.2, 0) is 16.0 Å². The number of rotatable bonds is 5. The molecule has 0 saturated carbocycles. The molecule has 7 heteroatoms. The van der Waals surface area contributed by atoms with Gasteiger partial charge in [-0.1, -0.05) is 78.8 Å².